The van der Waals surface area contributed by atoms with Crippen molar-refractivity contribution in [3.63, 3.8) is 0 Å². The maximum atomic E-state index is 11.5. The van der Waals surface area contributed by atoms with Gasteiger partial charge >= 0.3 is 6.03 Å². The molecule has 2 heterocycles. The highest BCUT2D eigenvalue weighted by atomic mass is 16.2. The van der Waals surface area contributed by atoms with Crippen LogP contribution in [0.15, 0.2) is 18.2 Å². The molecule has 1 fully saturated rings. The van der Waals surface area contributed by atoms with Crippen molar-refractivity contribution in [1.29, 1.82) is 0 Å². The first-order chi connectivity index (χ1) is 10.2. The van der Waals surface area contributed by atoms with Gasteiger partial charge in [0, 0.05) is 30.3 Å². The summed E-state index contributed by atoms with van der Waals surface area (Å²) in [5.41, 5.74) is 8.64. The summed E-state index contributed by atoms with van der Waals surface area (Å²) in [4.78, 5) is 33.4. The van der Waals surface area contributed by atoms with Gasteiger partial charge in [-0.2, -0.15) is 0 Å². The lowest BCUT2D eigenvalue weighted by molar-refractivity contribution is -0.118. The van der Waals surface area contributed by atoms with Gasteiger partial charge in [0.25, 0.3) is 0 Å². The van der Waals surface area contributed by atoms with Crippen LogP contribution in [0.2, 0.25) is 0 Å². The third kappa shape index (κ3) is 3.19. The van der Waals surface area contributed by atoms with E-state index in [0.29, 0.717) is 5.69 Å². The first-order valence-electron chi connectivity index (χ1n) is 6.96. The summed E-state index contributed by atoms with van der Waals surface area (Å²) in [7, 11) is 0. The van der Waals surface area contributed by atoms with Crippen LogP contribution in [0.25, 0.3) is 0 Å². The molecule has 4 amide bonds. The molecule has 2 aliphatic heterocycles. The van der Waals surface area contributed by atoms with Crippen molar-refractivity contribution in [2.75, 3.05) is 23.7 Å². The van der Waals surface area contributed by atoms with Crippen molar-refractivity contribution in [3.8, 4) is 0 Å². The van der Waals surface area contributed by atoms with E-state index in [-0.39, 0.29) is 23.8 Å². The average Bonchev–Trinajstić information content (AvgIpc) is 2.91. The molecule has 1 aromatic rings. The maximum Gasteiger partial charge on any atom is 0.321 e. The minimum Gasteiger partial charge on any atom is -0.399 e. The number of hydrogen-bond acceptors (Lipinski definition) is 4. The van der Waals surface area contributed by atoms with Crippen LogP contribution >= 0.6 is 0 Å². The van der Waals surface area contributed by atoms with Crippen LogP contribution in [-0.2, 0) is 15.0 Å². The molecule has 0 aliphatic carbocycles. The molecule has 0 radical (unpaired) electrons. The Balaban J connectivity index is 0.000000211. The van der Waals surface area contributed by atoms with Gasteiger partial charge in [0.2, 0.25) is 11.8 Å². The quantitative estimate of drug-likeness (QED) is 0.485. The average molecular weight is 304 g/mol. The van der Waals surface area contributed by atoms with E-state index >= 15 is 0 Å². The number of nitrogens with two attached hydrogens (primary N) is 1. The number of carbonyl (C=O) groups excluding carboxylic acids is 3. The van der Waals surface area contributed by atoms with Crippen molar-refractivity contribution in [1.82, 2.24) is 10.6 Å². The first-order valence-corrected chi connectivity index (χ1v) is 6.96. The van der Waals surface area contributed by atoms with Gasteiger partial charge in [-0.15, -0.1) is 0 Å². The standard InChI is InChI=1S/C12H16N2O.C3H4N2O2/c1-8(15)14-7-12(2,3)10-5-4-9(13)6-11(10)14;6-2-1-4-3(7)5-2/h4-6H,7,13H2,1-3H3;1H2,(H2,4,5,6,7). The Morgan fingerprint density at radius 2 is 2.00 bits per heavy atom. The van der Waals surface area contributed by atoms with Crippen LogP contribution in [0.4, 0.5) is 16.2 Å². The van der Waals surface area contributed by atoms with E-state index in [4.69, 9.17) is 5.73 Å². The highest BCUT2D eigenvalue weighted by molar-refractivity contribution is 6.01. The summed E-state index contributed by atoms with van der Waals surface area (Å²) < 4.78 is 0. The number of nitrogens with one attached hydrogen (secondary N) is 2. The number of urea groups is 1. The van der Waals surface area contributed by atoms with Gasteiger partial charge in [-0.1, -0.05) is 19.9 Å². The van der Waals surface area contributed by atoms with E-state index in [9.17, 15) is 14.4 Å². The number of rotatable bonds is 0. The minimum atomic E-state index is -0.398. The Bertz CT molecular complexity index is 626. The van der Waals surface area contributed by atoms with E-state index in [1.54, 1.807) is 11.8 Å². The van der Waals surface area contributed by atoms with E-state index in [1.165, 1.54) is 5.56 Å². The second-order valence-corrected chi connectivity index (χ2v) is 6.00. The number of anilines is 2. The third-order valence-electron chi connectivity index (χ3n) is 3.64. The first kappa shape index (κ1) is 15.8. The summed E-state index contributed by atoms with van der Waals surface area (Å²) in [5.74, 6) is -0.183. The van der Waals surface area contributed by atoms with Gasteiger partial charge in [0.1, 0.15) is 0 Å². The predicted octanol–water partition coefficient (Wildman–Crippen LogP) is 0.739. The Morgan fingerprint density at radius 3 is 2.45 bits per heavy atom. The Labute approximate surface area is 128 Å². The molecule has 0 aromatic heterocycles. The Hall–Kier alpha value is -2.57. The third-order valence-corrected chi connectivity index (χ3v) is 3.64. The molecule has 1 aromatic carbocycles. The molecule has 118 valence electrons. The fourth-order valence-corrected chi connectivity index (χ4v) is 2.57. The van der Waals surface area contributed by atoms with Crippen molar-refractivity contribution in [3.05, 3.63) is 23.8 Å². The number of nitrogens with zero attached hydrogens (tertiary/aromatic N) is 1. The van der Waals surface area contributed by atoms with Crippen LogP contribution in [0.5, 0.6) is 0 Å². The molecule has 4 N–H and O–H groups in total. The SMILES string of the molecule is CC(=O)N1CC(C)(C)c2ccc(N)cc21.O=C1CNC(=O)N1. The number of amides is 4. The molecule has 0 atom stereocenters. The molecule has 0 spiro atoms. The normalized spacial score (nSPS) is 18.0. The second-order valence-electron chi connectivity index (χ2n) is 6.00. The molecule has 2 aliphatic rings. The van der Waals surface area contributed by atoms with E-state index in [0.717, 1.165) is 12.2 Å². The van der Waals surface area contributed by atoms with Gasteiger partial charge in [0.15, 0.2) is 0 Å². The lowest BCUT2D eigenvalue weighted by atomic mass is 9.87. The fourth-order valence-electron chi connectivity index (χ4n) is 2.57. The zero-order chi connectivity index (χ0) is 16.5. The van der Waals surface area contributed by atoms with Gasteiger partial charge < -0.3 is 16.0 Å². The molecule has 0 bridgehead atoms. The molecule has 3 rings (SSSR count). The predicted molar refractivity (Wildman–Crippen MR) is 83.4 cm³/mol. The summed E-state index contributed by atoms with van der Waals surface area (Å²) in [6.07, 6.45) is 0. The Kier molecular flexibility index (Phi) is 4.07. The van der Waals surface area contributed by atoms with Crippen molar-refractivity contribution in [2.45, 2.75) is 26.2 Å². The Morgan fingerprint density at radius 1 is 1.32 bits per heavy atom. The van der Waals surface area contributed by atoms with Gasteiger partial charge in [0.05, 0.1) is 6.54 Å². The van der Waals surface area contributed by atoms with Crippen LogP contribution in [-0.4, -0.2) is 30.9 Å². The van der Waals surface area contributed by atoms with E-state index in [2.05, 4.69) is 19.2 Å². The molecule has 1 saturated heterocycles. The number of benzene rings is 1. The highest BCUT2D eigenvalue weighted by Crippen LogP contribution is 2.41. The molecule has 0 unspecified atom stereocenters. The number of imide groups is 1. The van der Waals surface area contributed by atoms with Gasteiger partial charge in [-0.25, -0.2) is 4.79 Å². The van der Waals surface area contributed by atoms with Crippen molar-refractivity contribution >= 4 is 29.2 Å². The van der Waals surface area contributed by atoms with Crippen LogP contribution in [0, 0.1) is 0 Å². The summed E-state index contributed by atoms with van der Waals surface area (Å²) in [6.45, 7) is 6.74. The topological polar surface area (TPSA) is 105 Å². The second kappa shape index (κ2) is 5.67. The monoisotopic (exact) mass is 304 g/mol. The van der Waals surface area contributed by atoms with Crippen LogP contribution < -0.4 is 21.3 Å². The van der Waals surface area contributed by atoms with E-state index in [1.807, 2.05) is 23.5 Å². The summed E-state index contributed by atoms with van der Waals surface area (Å²) in [6, 6.07) is 5.40. The maximum absolute atomic E-state index is 11.5. The zero-order valence-corrected chi connectivity index (χ0v) is 12.9. The smallest absolute Gasteiger partial charge is 0.321 e. The number of carbonyl (C=O) groups is 3. The van der Waals surface area contributed by atoms with Gasteiger partial charge in [-0.05, 0) is 17.7 Å². The lowest BCUT2D eigenvalue weighted by Gasteiger charge is -2.19. The van der Waals surface area contributed by atoms with E-state index < -0.39 is 6.03 Å². The molecule has 22 heavy (non-hydrogen) atoms. The van der Waals surface area contributed by atoms with Crippen molar-refractivity contribution < 1.29 is 14.4 Å². The van der Waals surface area contributed by atoms with Crippen molar-refractivity contribution in [2.24, 2.45) is 0 Å². The molecule has 0 saturated carbocycles. The molecular weight excluding hydrogens is 284 g/mol. The van der Waals surface area contributed by atoms with Gasteiger partial charge in [-0.3, -0.25) is 14.9 Å². The number of nitrogen functional groups attached to an aromatic ring is 1. The largest absolute Gasteiger partial charge is 0.399 e. The molecular formula is C15H20N4O3. The molecule has 7 nitrogen and oxygen atoms in total. The zero-order valence-electron chi connectivity index (χ0n) is 12.9. The summed E-state index contributed by atoms with van der Waals surface area (Å²) >= 11 is 0. The highest BCUT2D eigenvalue weighted by Gasteiger charge is 2.36. The number of hydrogen-bond donors (Lipinski definition) is 3. The number of fused-ring (bicyclic) bond motifs is 1. The lowest BCUT2D eigenvalue weighted by Crippen LogP contribution is -2.31. The van der Waals surface area contributed by atoms with Crippen LogP contribution in [0.1, 0.15) is 26.3 Å². The summed E-state index contributed by atoms with van der Waals surface area (Å²) in [5, 5.41) is 4.30. The van der Waals surface area contributed by atoms with Crippen LogP contribution in [0.3, 0.4) is 0 Å². The molecule has 7 heteroatoms. The minimum absolute atomic E-state index is 0.0225. The fraction of sp³-hybridized carbons (Fsp3) is 0.400.